The van der Waals surface area contributed by atoms with Crippen LogP contribution < -0.4 is 14.7 Å². The lowest BCUT2D eigenvalue weighted by atomic mass is 10.0. The summed E-state index contributed by atoms with van der Waals surface area (Å²) < 4.78 is 8.01. The highest BCUT2D eigenvalue weighted by Crippen LogP contribution is 2.48. The van der Waals surface area contributed by atoms with Crippen LogP contribution in [0.25, 0.3) is 159 Å². The van der Waals surface area contributed by atoms with E-state index in [0.717, 1.165) is 51.2 Å². The van der Waals surface area contributed by atoms with E-state index >= 15 is 0 Å². The highest BCUT2D eigenvalue weighted by atomic mass is 32.1. The molecule has 0 aliphatic carbocycles. The number of rotatable bonds is 12. The summed E-state index contributed by atoms with van der Waals surface area (Å²) in [5.41, 5.74) is 17.7. The van der Waals surface area contributed by atoms with Crippen molar-refractivity contribution in [2.45, 2.75) is 0 Å². The van der Waals surface area contributed by atoms with Crippen LogP contribution >= 0.6 is 34.0 Å². The number of anilines is 9. The number of thiophene rings is 3. The lowest BCUT2D eigenvalue weighted by molar-refractivity contribution is 1.29. The van der Waals surface area contributed by atoms with Gasteiger partial charge in [-0.1, -0.05) is 315 Å². The standard InChI is InChI=1S/3C38H25NS/c1-3-11-28-23-32(21-19-26(28)9-1)39(33-22-20-27-10-2-4-12-29(27)24-33)31-14-7-13-30(25-31)34-16-8-17-36-35-15-5-6-18-37(35)40-38(34)36;1-3-10-28-22-33(19-16-26(28)8-1)39(34-20-17-27-9-2-4-11-29(27)23-34)32-13-7-12-30(24-32)31-18-21-38-36(25-31)35-14-5-6-15-37(35)40-38;1-3-10-29-24-32(22-16-26(29)8-1)39(33-23-17-27-9-2-4-11-30(27)25-33)31-20-18-28(19-21-31)34-13-7-14-36-35-12-5-6-15-37(35)40-38(34)36/h3*1-25H. The first kappa shape index (κ1) is 71.8. The molecule has 6 heteroatoms. The molecule has 564 valence electrons. The average Bonchev–Trinajstić information content (AvgIpc) is 1.73. The molecule has 0 spiro atoms. The summed E-state index contributed by atoms with van der Waals surface area (Å²) in [6.07, 6.45) is 0. The molecule has 0 saturated heterocycles. The minimum atomic E-state index is 1.14. The monoisotopic (exact) mass is 1580 g/mol. The number of nitrogens with zero attached hydrogens (tertiary/aromatic N) is 3. The molecule has 0 aliphatic heterocycles. The number of benzene rings is 21. The fourth-order valence-electron chi connectivity index (χ4n) is 17.5. The van der Waals surface area contributed by atoms with Gasteiger partial charge < -0.3 is 14.7 Å². The second-order valence-electron chi connectivity index (χ2n) is 30.7. The fraction of sp³-hybridized carbons (Fsp3) is 0. The highest BCUT2D eigenvalue weighted by molar-refractivity contribution is 7.27. The smallest absolute Gasteiger partial charge is 0.0468 e. The van der Waals surface area contributed by atoms with Gasteiger partial charge in [-0.05, 0) is 238 Å². The molecule has 0 atom stereocenters. The van der Waals surface area contributed by atoms with Crippen molar-refractivity contribution >= 4 is 210 Å². The molecule has 0 saturated carbocycles. The highest BCUT2D eigenvalue weighted by Gasteiger charge is 2.21. The molecule has 21 aromatic carbocycles. The predicted molar refractivity (Wildman–Crippen MR) is 523 cm³/mol. The maximum Gasteiger partial charge on any atom is 0.0468 e. The van der Waals surface area contributed by atoms with Gasteiger partial charge in [0.1, 0.15) is 0 Å². The van der Waals surface area contributed by atoms with Gasteiger partial charge in [-0.25, -0.2) is 0 Å². The van der Waals surface area contributed by atoms with Crippen LogP contribution in [-0.4, -0.2) is 0 Å². The summed E-state index contributed by atoms with van der Waals surface area (Å²) in [5, 5.41) is 22.8. The molecule has 0 unspecified atom stereocenters. The number of hydrogen-bond donors (Lipinski definition) is 0. The van der Waals surface area contributed by atoms with Crippen LogP contribution in [0.2, 0.25) is 0 Å². The van der Waals surface area contributed by atoms with Gasteiger partial charge >= 0.3 is 0 Å². The zero-order valence-corrected chi connectivity index (χ0v) is 67.8. The minimum absolute atomic E-state index is 1.14. The first-order valence-electron chi connectivity index (χ1n) is 40.8. The molecule has 0 bridgehead atoms. The maximum atomic E-state index is 2.38. The summed E-state index contributed by atoms with van der Waals surface area (Å²) in [6, 6.07) is 165. The van der Waals surface area contributed by atoms with Crippen molar-refractivity contribution < 1.29 is 0 Å². The molecule has 0 N–H and O–H groups in total. The van der Waals surface area contributed by atoms with Crippen molar-refractivity contribution in [3.63, 3.8) is 0 Å². The van der Waals surface area contributed by atoms with E-state index in [1.807, 2.05) is 34.0 Å². The summed E-state index contributed by atoms with van der Waals surface area (Å²) in [6.45, 7) is 0. The molecule has 24 aromatic rings. The zero-order chi connectivity index (χ0) is 79.4. The van der Waals surface area contributed by atoms with Crippen LogP contribution in [0.3, 0.4) is 0 Å². The maximum absolute atomic E-state index is 2.38. The van der Waals surface area contributed by atoms with Crippen molar-refractivity contribution in [3.05, 3.63) is 455 Å². The van der Waals surface area contributed by atoms with E-state index in [4.69, 9.17) is 0 Å². The van der Waals surface area contributed by atoms with E-state index < -0.39 is 0 Å². The van der Waals surface area contributed by atoms with Gasteiger partial charge in [-0.3, -0.25) is 0 Å². The van der Waals surface area contributed by atoms with Gasteiger partial charge in [-0.2, -0.15) is 0 Å². The third kappa shape index (κ3) is 13.6. The second-order valence-corrected chi connectivity index (χ2v) is 33.9. The molecule has 3 aromatic heterocycles. The van der Waals surface area contributed by atoms with Crippen LogP contribution in [0.1, 0.15) is 0 Å². The first-order chi connectivity index (χ1) is 59.4. The lowest BCUT2D eigenvalue weighted by Gasteiger charge is -2.27. The van der Waals surface area contributed by atoms with E-state index in [9.17, 15) is 0 Å². The van der Waals surface area contributed by atoms with Crippen molar-refractivity contribution in [3.8, 4) is 33.4 Å². The average molecular weight is 1580 g/mol. The Kier molecular flexibility index (Phi) is 18.6. The first-order valence-corrected chi connectivity index (χ1v) is 43.3. The van der Waals surface area contributed by atoms with Crippen molar-refractivity contribution in [2.75, 3.05) is 14.7 Å². The summed E-state index contributed by atoms with van der Waals surface area (Å²) in [4.78, 5) is 7.12. The zero-order valence-electron chi connectivity index (χ0n) is 65.4. The van der Waals surface area contributed by atoms with Gasteiger partial charge in [0.2, 0.25) is 0 Å². The number of hydrogen-bond acceptors (Lipinski definition) is 6. The lowest BCUT2D eigenvalue weighted by Crippen LogP contribution is -2.10. The predicted octanol–water partition coefficient (Wildman–Crippen LogP) is 34.5. The summed E-state index contributed by atoms with van der Waals surface area (Å²) in [5.74, 6) is 0. The van der Waals surface area contributed by atoms with E-state index in [-0.39, 0.29) is 0 Å². The SMILES string of the molecule is c1cc(-c2ccc3sc4ccccc4c3c2)cc(N(c2ccc3ccccc3c2)c2ccc3ccccc3c2)c1.c1cc(-c2cccc3c2sc2ccccc23)cc(N(c2ccc3ccccc3c2)c2ccc3ccccc3c2)c1.c1ccc2cc(N(c3ccc(-c4cccc5c4sc4ccccc45)cc3)c3ccc4ccccc4c3)ccc2c1. The second kappa shape index (κ2) is 31.0. The number of fused-ring (bicyclic) bond motifs is 15. The Morgan fingerprint density at radius 1 is 0.133 bits per heavy atom. The quantitative estimate of drug-likeness (QED) is 0.121. The summed E-state index contributed by atoms with van der Waals surface area (Å²) in [7, 11) is 0. The van der Waals surface area contributed by atoms with Gasteiger partial charge in [0.15, 0.2) is 0 Å². The molecule has 0 fully saturated rings. The van der Waals surface area contributed by atoms with Gasteiger partial charge in [-0.15, -0.1) is 34.0 Å². The summed E-state index contributed by atoms with van der Waals surface area (Å²) >= 11 is 5.62. The molecular weight excluding hydrogens is 1510 g/mol. The van der Waals surface area contributed by atoms with Gasteiger partial charge in [0, 0.05) is 112 Å². The van der Waals surface area contributed by atoms with E-state index in [1.54, 1.807) is 0 Å². The largest absolute Gasteiger partial charge is 0.310 e. The molecule has 120 heavy (non-hydrogen) atoms. The Hall–Kier alpha value is -14.8. The Morgan fingerprint density at radius 2 is 0.392 bits per heavy atom. The van der Waals surface area contributed by atoms with E-state index in [1.165, 1.54) is 159 Å². The Labute approximate surface area is 707 Å². The van der Waals surface area contributed by atoms with Crippen molar-refractivity contribution in [2.24, 2.45) is 0 Å². The van der Waals surface area contributed by atoms with E-state index in [0.29, 0.717) is 0 Å². The molecule has 24 rings (SSSR count). The van der Waals surface area contributed by atoms with Crippen LogP contribution in [-0.2, 0) is 0 Å². The van der Waals surface area contributed by atoms with Crippen LogP contribution in [0.4, 0.5) is 51.2 Å². The Balaban J connectivity index is 0.000000108. The van der Waals surface area contributed by atoms with Crippen LogP contribution in [0, 0.1) is 0 Å². The molecule has 0 amide bonds. The molecule has 0 radical (unpaired) electrons. The van der Waals surface area contributed by atoms with Crippen molar-refractivity contribution in [1.82, 2.24) is 0 Å². The van der Waals surface area contributed by atoms with E-state index in [2.05, 4.69) is 470 Å². The third-order valence-corrected chi connectivity index (χ3v) is 27.0. The molecule has 0 aliphatic rings. The van der Waals surface area contributed by atoms with Crippen LogP contribution in [0.5, 0.6) is 0 Å². The topological polar surface area (TPSA) is 9.72 Å². The molecular formula is C114H75N3S3. The Morgan fingerprint density at radius 3 is 0.783 bits per heavy atom. The molecule has 3 heterocycles. The van der Waals surface area contributed by atoms with Crippen molar-refractivity contribution in [1.29, 1.82) is 0 Å². The fourth-order valence-corrected chi connectivity index (χ4v) is 21.1. The normalized spacial score (nSPS) is 11.5. The third-order valence-electron chi connectivity index (χ3n) is 23.4. The Bertz CT molecular complexity index is 7800. The molecule has 3 nitrogen and oxygen atoms in total. The minimum Gasteiger partial charge on any atom is -0.310 e. The van der Waals surface area contributed by atoms with Crippen LogP contribution in [0.15, 0.2) is 455 Å². The van der Waals surface area contributed by atoms with Gasteiger partial charge in [0.05, 0.1) is 0 Å². The van der Waals surface area contributed by atoms with Gasteiger partial charge in [0.25, 0.3) is 0 Å².